The van der Waals surface area contributed by atoms with Crippen LogP contribution >= 0.6 is 23.1 Å². The minimum Gasteiger partial charge on any atom is -0.496 e. The Kier molecular flexibility index (Phi) is 6.44. The summed E-state index contributed by atoms with van der Waals surface area (Å²) in [5.74, 6) is 7.15. The minimum atomic E-state index is -0.209. The first-order valence-electron chi connectivity index (χ1n) is 9.93. The van der Waals surface area contributed by atoms with Crippen LogP contribution in [0, 0.1) is 11.3 Å². The molecule has 3 N–H and O–H groups in total. The SMILES string of the molecule is COc1ccccc1-c1nnc(SCC(=O)Nc2sc3c(c2C#N)CCCCC3)n1N. The van der Waals surface area contributed by atoms with E-state index in [0.717, 1.165) is 36.8 Å². The lowest BCUT2D eigenvalue weighted by molar-refractivity contribution is -0.113. The van der Waals surface area contributed by atoms with Crippen molar-refractivity contribution < 1.29 is 9.53 Å². The van der Waals surface area contributed by atoms with E-state index in [1.807, 2.05) is 24.3 Å². The Hall–Kier alpha value is -3.03. The number of carbonyl (C=O) groups is 1. The molecule has 160 valence electrons. The van der Waals surface area contributed by atoms with Gasteiger partial charge in [-0.2, -0.15) is 5.26 Å². The normalized spacial score (nSPS) is 13.2. The molecule has 0 spiro atoms. The fourth-order valence-corrected chi connectivity index (χ4v) is 5.54. The van der Waals surface area contributed by atoms with E-state index in [1.54, 1.807) is 7.11 Å². The van der Waals surface area contributed by atoms with Crippen LogP contribution in [0.5, 0.6) is 5.75 Å². The van der Waals surface area contributed by atoms with Gasteiger partial charge in [-0.25, -0.2) is 4.68 Å². The molecule has 0 atom stereocenters. The van der Waals surface area contributed by atoms with Crippen molar-refractivity contribution in [3.63, 3.8) is 0 Å². The monoisotopic (exact) mass is 454 g/mol. The number of thioether (sulfide) groups is 1. The molecular formula is C21H22N6O2S2. The first-order chi connectivity index (χ1) is 15.1. The van der Waals surface area contributed by atoms with Crippen molar-refractivity contribution >= 4 is 34.0 Å². The Morgan fingerprint density at radius 3 is 2.94 bits per heavy atom. The van der Waals surface area contributed by atoms with Crippen LogP contribution in [-0.2, 0) is 17.6 Å². The topological polar surface area (TPSA) is 119 Å². The first-order valence-corrected chi connectivity index (χ1v) is 11.7. The molecule has 0 bridgehead atoms. The summed E-state index contributed by atoms with van der Waals surface area (Å²) in [6.45, 7) is 0. The average molecular weight is 455 g/mol. The number of aromatic nitrogens is 3. The van der Waals surface area contributed by atoms with E-state index in [2.05, 4.69) is 21.6 Å². The summed E-state index contributed by atoms with van der Waals surface area (Å²) in [7, 11) is 1.58. The number of nitrogens with zero attached hydrogens (tertiary/aromatic N) is 4. The molecule has 10 heteroatoms. The van der Waals surface area contributed by atoms with Crippen molar-refractivity contribution in [1.82, 2.24) is 14.9 Å². The minimum absolute atomic E-state index is 0.106. The van der Waals surface area contributed by atoms with Crippen molar-refractivity contribution in [3.8, 4) is 23.2 Å². The summed E-state index contributed by atoms with van der Waals surface area (Å²) in [6.07, 6.45) is 5.27. The Morgan fingerprint density at radius 1 is 1.32 bits per heavy atom. The van der Waals surface area contributed by atoms with Gasteiger partial charge in [0, 0.05) is 4.88 Å². The Balaban J connectivity index is 1.45. The van der Waals surface area contributed by atoms with Gasteiger partial charge in [-0.3, -0.25) is 4.79 Å². The van der Waals surface area contributed by atoms with E-state index in [0.29, 0.717) is 27.3 Å². The summed E-state index contributed by atoms with van der Waals surface area (Å²) in [5, 5.41) is 21.8. The molecule has 3 aromatic rings. The number of rotatable bonds is 6. The number of nitriles is 1. The molecule has 0 saturated carbocycles. The molecule has 0 fully saturated rings. The number of hydrogen-bond acceptors (Lipinski definition) is 8. The Morgan fingerprint density at radius 2 is 2.13 bits per heavy atom. The number of anilines is 1. The maximum absolute atomic E-state index is 12.6. The van der Waals surface area contributed by atoms with Crippen LogP contribution in [0.1, 0.15) is 35.3 Å². The number of para-hydroxylation sites is 1. The van der Waals surface area contributed by atoms with Crippen molar-refractivity contribution in [2.75, 3.05) is 24.0 Å². The van der Waals surface area contributed by atoms with Crippen LogP contribution < -0.4 is 15.9 Å². The second-order valence-corrected chi connectivity index (χ2v) is 9.14. The average Bonchev–Trinajstić information content (AvgIpc) is 3.21. The molecule has 0 aliphatic heterocycles. The molecule has 2 aromatic heterocycles. The van der Waals surface area contributed by atoms with Gasteiger partial charge in [-0.05, 0) is 43.4 Å². The highest BCUT2D eigenvalue weighted by Crippen LogP contribution is 2.37. The number of nitrogen functional groups attached to an aromatic ring is 1. The van der Waals surface area contributed by atoms with Gasteiger partial charge in [-0.1, -0.05) is 30.3 Å². The molecule has 4 rings (SSSR count). The van der Waals surface area contributed by atoms with Crippen LogP contribution in [-0.4, -0.2) is 33.6 Å². The van der Waals surface area contributed by atoms with Gasteiger partial charge in [0.1, 0.15) is 16.8 Å². The number of amides is 1. The lowest BCUT2D eigenvalue weighted by atomic mass is 10.1. The smallest absolute Gasteiger partial charge is 0.235 e. The molecule has 31 heavy (non-hydrogen) atoms. The third kappa shape index (κ3) is 4.38. The lowest BCUT2D eigenvalue weighted by Gasteiger charge is -2.08. The van der Waals surface area contributed by atoms with Crippen molar-refractivity contribution in [1.29, 1.82) is 5.26 Å². The summed E-state index contributed by atoms with van der Waals surface area (Å²) in [4.78, 5) is 13.8. The number of fused-ring (bicyclic) bond motifs is 1. The lowest BCUT2D eigenvalue weighted by Crippen LogP contribution is -2.16. The molecule has 1 aliphatic carbocycles. The van der Waals surface area contributed by atoms with Gasteiger partial charge in [0.15, 0.2) is 5.82 Å². The van der Waals surface area contributed by atoms with Crippen molar-refractivity contribution in [2.45, 2.75) is 37.3 Å². The fourth-order valence-electron chi connectivity index (χ4n) is 3.63. The molecule has 0 saturated heterocycles. The number of nitrogens with one attached hydrogen (secondary N) is 1. The fraction of sp³-hybridized carbons (Fsp3) is 0.333. The summed E-state index contributed by atoms with van der Waals surface area (Å²) < 4.78 is 6.71. The van der Waals surface area contributed by atoms with E-state index in [-0.39, 0.29) is 11.7 Å². The standard InChI is InChI=1S/C21H22N6O2S2/c1-29-16-9-6-5-8-14(16)19-25-26-21(27(19)23)30-12-18(28)24-20-15(11-22)13-7-3-2-4-10-17(13)31-20/h5-6,8-9H,2-4,7,10,12,23H2,1H3,(H,24,28). The van der Waals surface area contributed by atoms with E-state index in [1.165, 1.54) is 39.1 Å². The summed E-state index contributed by atoms with van der Waals surface area (Å²) in [5.41, 5.74) is 2.44. The zero-order valence-electron chi connectivity index (χ0n) is 17.1. The number of nitrogens with two attached hydrogens (primary N) is 1. The molecular weight excluding hydrogens is 432 g/mol. The van der Waals surface area contributed by atoms with E-state index >= 15 is 0 Å². The van der Waals surface area contributed by atoms with Crippen LogP contribution in [0.2, 0.25) is 0 Å². The van der Waals surface area contributed by atoms with E-state index in [4.69, 9.17) is 10.6 Å². The molecule has 1 aliphatic rings. The maximum Gasteiger partial charge on any atom is 0.235 e. The van der Waals surface area contributed by atoms with Gasteiger partial charge in [0.05, 0.1) is 24.0 Å². The van der Waals surface area contributed by atoms with Crippen molar-refractivity contribution in [2.24, 2.45) is 0 Å². The molecule has 8 nitrogen and oxygen atoms in total. The first kappa shape index (κ1) is 21.2. The van der Waals surface area contributed by atoms with Gasteiger partial charge in [0.2, 0.25) is 11.1 Å². The number of thiophene rings is 1. The molecule has 1 amide bonds. The van der Waals surface area contributed by atoms with Crippen molar-refractivity contribution in [3.05, 3.63) is 40.3 Å². The quantitative estimate of drug-likeness (QED) is 0.332. The molecule has 2 heterocycles. The third-order valence-electron chi connectivity index (χ3n) is 5.13. The number of hydrogen-bond donors (Lipinski definition) is 2. The highest BCUT2D eigenvalue weighted by molar-refractivity contribution is 7.99. The predicted octanol–water partition coefficient (Wildman–Crippen LogP) is 3.60. The highest BCUT2D eigenvalue weighted by Gasteiger charge is 2.22. The number of ether oxygens (including phenoxy) is 1. The zero-order valence-corrected chi connectivity index (χ0v) is 18.7. The van der Waals surface area contributed by atoms with Crippen LogP contribution in [0.4, 0.5) is 5.00 Å². The van der Waals surface area contributed by atoms with E-state index in [9.17, 15) is 10.1 Å². The predicted molar refractivity (Wildman–Crippen MR) is 122 cm³/mol. The third-order valence-corrected chi connectivity index (χ3v) is 7.28. The van der Waals surface area contributed by atoms with Gasteiger partial charge < -0.3 is 15.9 Å². The molecule has 1 aromatic carbocycles. The van der Waals surface area contributed by atoms with Gasteiger partial charge in [-0.15, -0.1) is 21.5 Å². The van der Waals surface area contributed by atoms with Gasteiger partial charge >= 0.3 is 0 Å². The van der Waals surface area contributed by atoms with Crippen LogP contribution in [0.25, 0.3) is 11.4 Å². The Bertz CT molecular complexity index is 1150. The second-order valence-electron chi connectivity index (χ2n) is 7.09. The molecule has 0 radical (unpaired) electrons. The number of benzene rings is 1. The number of methoxy groups -OCH3 is 1. The zero-order chi connectivity index (χ0) is 21.8. The maximum atomic E-state index is 12.6. The van der Waals surface area contributed by atoms with Crippen LogP contribution in [0.15, 0.2) is 29.4 Å². The van der Waals surface area contributed by atoms with Crippen LogP contribution in [0.3, 0.4) is 0 Å². The summed E-state index contributed by atoms with van der Waals surface area (Å²) >= 11 is 2.71. The number of aryl methyl sites for hydroxylation is 1. The van der Waals surface area contributed by atoms with Gasteiger partial charge in [0.25, 0.3) is 0 Å². The number of carbonyl (C=O) groups excluding carboxylic acids is 1. The Labute approximate surface area is 188 Å². The second kappa shape index (κ2) is 9.41. The van der Waals surface area contributed by atoms with E-state index < -0.39 is 0 Å². The summed E-state index contributed by atoms with van der Waals surface area (Å²) in [6, 6.07) is 9.67. The largest absolute Gasteiger partial charge is 0.496 e. The molecule has 0 unspecified atom stereocenters. The highest BCUT2D eigenvalue weighted by atomic mass is 32.2.